The van der Waals surface area contributed by atoms with E-state index in [9.17, 15) is 18.0 Å². The van der Waals surface area contributed by atoms with Crippen molar-refractivity contribution in [2.45, 2.75) is 13.1 Å². The predicted molar refractivity (Wildman–Crippen MR) is 80.3 cm³/mol. The molecular formula is C17H14F3NO. The zero-order valence-electron chi connectivity index (χ0n) is 11.8. The lowest BCUT2D eigenvalue weighted by Crippen LogP contribution is -2.07. The summed E-state index contributed by atoms with van der Waals surface area (Å²) < 4.78 is 37.8. The summed E-state index contributed by atoms with van der Waals surface area (Å²) in [5, 5.41) is 2.64. The molecule has 2 rings (SSSR count). The zero-order chi connectivity index (χ0) is 16.2. The second-order valence-corrected chi connectivity index (χ2v) is 4.81. The van der Waals surface area contributed by atoms with Gasteiger partial charge in [0.2, 0.25) is 5.91 Å². The van der Waals surface area contributed by atoms with Gasteiger partial charge >= 0.3 is 6.18 Å². The molecule has 22 heavy (non-hydrogen) atoms. The largest absolute Gasteiger partial charge is 0.416 e. The van der Waals surface area contributed by atoms with Crippen LogP contribution in [0.1, 0.15) is 16.7 Å². The van der Waals surface area contributed by atoms with Crippen LogP contribution in [0.25, 0.3) is 6.08 Å². The fourth-order valence-electron chi connectivity index (χ4n) is 1.81. The van der Waals surface area contributed by atoms with Crippen LogP contribution >= 0.6 is 0 Å². The summed E-state index contributed by atoms with van der Waals surface area (Å²) in [5.41, 5.74) is 1.27. The van der Waals surface area contributed by atoms with Gasteiger partial charge < -0.3 is 5.32 Å². The normalized spacial score (nSPS) is 11.6. The quantitative estimate of drug-likeness (QED) is 0.821. The summed E-state index contributed by atoms with van der Waals surface area (Å²) in [4.78, 5) is 11.7. The second kappa shape index (κ2) is 6.47. The van der Waals surface area contributed by atoms with Crippen LogP contribution < -0.4 is 5.32 Å². The molecule has 2 aromatic rings. The molecule has 0 aliphatic heterocycles. The number of anilines is 1. The van der Waals surface area contributed by atoms with E-state index in [1.165, 1.54) is 24.3 Å². The molecule has 5 heteroatoms. The second-order valence-electron chi connectivity index (χ2n) is 4.81. The Hall–Kier alpha value is -2.56. The van der Waals surface area contributed by atoms with Crippen molar-refractivity contribution in [1.29, 1.82) is 0 Å². The highest BCUT2D eigenvalue weighted by Gasteiger charge is 2.30. The van der Waals surface area contributed by atoms with E-state index in [2.05, 4.69) is 5.32 Å². The van der Waals surface area contributed by atoms with Crippen LogP contribution in [0.3, 0.4) is 0 Å². The number of halogens is 3. The highest BCUT2D eigenvalue weighted by Crippen LogP contribution is 2.29. The van der Waals surface area contributed by atoms with Crippen molar-refractivity contribution in [3.8, 4) is 0 Å². The topological polar surface area (TPSA) is 29.1 Å². The third kappa shape index (κ3) is 4.48. The summed E-state index contributed by atoms with van der Waals surface area (Å²) in [5.74, 6) is -0.402. The van der Waals surface area contributed by atoms with E-state index in [4.69, 9.17) is 0 Å². The molecular weight excluding hydrogens is 291 g/mol. The molecule has 114 valence electrons. The summed E-state index contributed by atoms with van der Waals surface area (Å²) in [7, 11) is 0. The summed E-state index contributed by atoms with van der Waals surface area (Å²) >= 11 is 0. The Labute approximate surface area is 126 Å². The van der Waals surface area contributed by atoms with Crippen molar-refractivity contribution in [3.05, 3.63) is 71.3 Å². The maximum Gasteiger partial charge on any atom is 0.416 e. The lowest BCUT2D eigenvalue weighted by molar-refractivity contribution is -0.137. The van der Waals surface area contributed by atoms with E-state index >= 15 is 0 Å². The van der Waals surface area contributed by atoms with E-state index in [1.54, 1.807) is 12.1 Å². The minimum atomic E-state index is -4.39. The minimum Gasteiger partial charge on any atom is -0.323 e. The summed E-state index contributed by atoms with van der Waals surface area (Å²) in [6, 6.07) is 12.0. The molecule has 0 bridgehead atoms. The molecule has 2 aromatic carbocycles. The predicted octanol–water partition coefficient (Wildman–Crippen LogP) is 4.67. The Morgan fingerprint density at radius 3 is 2.41 bits per heavy atom. The molecule has 0 radical (unpaired) electrons. The molecule has 1 N–H and O–H groups in total. The first-order chi connectivity index (χ1) is 10.3. The Kier molecular flexibility index (Phi) is 4.65. The maximum atomic E-state index is 12.6. The van der Waals surface area contributed by atoms with Crippen molar-refractivity contribution < 1.29 is 18.0 Å². The van der Waals surface area contributed by atoms with Gasteiger partial charge in [0, 0.05) is 11.8 Å². The Morgan fingerprint density at radius 2 is 1.77 bits per heavy atom. The molecule has 0 aliphatic rings. The number of carbonyl (C=O) groups excluding carboxylic acids is 1. The molecule has 2 nitrogen and oxygen atoms in total. The van der Waals surface area contributed by atoms with E-state index in [0.717, 1.165) is 17.7 Å². The maximum absolute atomic E-state index is 12.6. The van der Waals surface area contributed by atoms with E-state index in [0.29, 0.717) is 11.3 Å². The molecule has 0 atom stereocenters. The SMILES string of the molecule is Cc1ccc(NC(=O)/C=C/c2cccc(C(F)(F)F)c2)cc1. The first-order valence-corrected chi connectivity index (χ1v) is 6.57. The van der Waals surface area contributed by atoms with E-state index < -0.39 is 17.6 Å². The van der Waals surface area contributed by atoms with Crippen LogP contribution in [0, 0.1) is 6.92 Å². The van der Waals surface area contributed by atoms with Gasteiger partial charge in [0.25, 0.3) is 0 Å². The van der Waals surface area contributed by atoms with Crippen LogP contribution in [0.5, 0.6) is 0 Å². The van der Waals surface area contributed by atoms with Crippen molar-refractivity contribution in [2.75, 3.05) is 5.32 Å². The van der Waals surface area contributed by atoms with Gasteiger partial charge in [0.15, 0.2) is 0 Å². The lowest BCUT2D eigenvalue weighted by atomic mass is 10.1. The number of aryl methyl sites for hydroxylation is 1. The number of benzene rings is 2. The standard InChI is InChI=1S/C17H14F3NO/c1-12-5-8-15(9-6-12)21-16(22)10-7-13-3-2-4-14(11-13)17(18,19)20/h2-11H,1H3,(H,21,22)/b10-7+. The highest BCUT2D eigenvalue weighted by atomic mass is 19.4. The summed E-state index contributed by atoms with van der Waals surface area (Å²) in [6.45, 7) is 1.93. The fraction of sp³-hybridized carbons (Fsp3) is 0.118. The van der Waals surface area contributed by atoms with Crippen LogP contribution in [0.4, 0.5) is 18.9 Å². The molecule has 0 saturated carbocycles. The number of amides is 1. The molecule has 0 aliphatic carbocycles. The van der Waals surface area contributed by atoms with Gasteiger partial charge in [-0.25, -0.2) is 0 Å². The van der Waals surface area contributed by atoms with Gasteiger partial charge in [0.1, 0.15) is 0 Å². The number of hydrogen-bond donors (Lipinski definition) is 1. The van der Waals surface area contributed by atoms with E-state index in [1.807, 2.05) is 19.1 Å². The van der Waals surface area contributed by atoms with Crippen LogP contribution in [-0.2, 0) is 11.0 Å². The van der Waals surface area contributed by atoms with Gasteiger partial charge in [-0.1, -0.05) is 29.8 Å². The van der Waals surface area contributed by atoms with E-state index in [-0.39, 0.29) is 0 Å². The number of alkyl halides is 3. The average Bonchev–Trinajstić information content (AvgIpc) is 2.47. The molecule has 0 unspecified atom stereocenters. The molecule has 0 spiro atoms. The van der Waals surface area contributed by atoms with Gasteiger partial charge in [-0.3, -0.25) is 4.79 Å². The van der Waals surface area contributed by atoms with Crippen LogP contribution in [-0.4, -0.2) is 5.91 Å². The Morgan fingerprint density at radius 1 is 1.09 bits per heavy atom. The van der Waals surface area contributed by atoms with Crippen LogP contribution in [0.2, 0.25) is 0 Å². The fourth-order valence-corrected chi connectivity index (χ4v) is 1.81. The monoisotopic (exact) mass is 305 g/mol. The molecule has 1 amide bonds. The number of carbonyl (C=O) groups is 1. The van der Waals surface area contributed by atoms with Crippen molar-refractivity contribution in [1.82, 2.24) is 0 Å². The third-order valence-electron chi connectivity index (χ3n) is 2.96. The number of nitrogens with one attached hydrogen (secondary N) is 1. The van der Waals surface area contributed by atoms with Crippen molar-refractivity contribution in [3.63, 3.8) is 0 Å². The van der Waals surface area contributed by atoms with Gasteiger partial charge in [0.05, 0.1) is 5.56 Å². The Balaban J connectivity index is 2.05. The smallest absolute Gasteiger partial charge is 0.323 e. The third-order valence-corrected chi connectivity index (χ3v) is 2.96. The van der Waals surface area contributed by atoms with Crippen molar-refractivity contribution in [2.24, 2.45) is 0 Å². The molecule has 0 aromatic heterocycles. The van der Waals surface area contributed by atoms with Gasteiger partial charge in [-0.05, 0) is 42.8 Å². The lowest BCUT2D eigenvalue weighted by Gasteiger charge is -2.06. The summed E-state index contributed by atoms with van der Waals surface area (Å²) in [6.07, 6.45) is -1.85. The van der Waals surface area contributed by atoms with Gasteiger partial charge in [-0.15, -0.1) is 0 Å². The zero-order valence-corrected chi connectivity index (χ0v) is 11.8. The highest BCUT2D eigenvalue weighted by molar-refractivity contribution is 6.01. The Bertz CT molecular complexity index is 688. The molecule has 0 saturated heterocycles. The average molecular weight is 305 g/mol. The van der Waals surface area contributed by atoms with Gasteiger partial charge in [-0.2, -0.15) is 13.2 Å². The van der Waals surface area contributed by atoms with Crippen molar-refractivity contribution >= 4 is 17.7 Å². The minimum absolute atomic E-state index is 0.314. The number of rotatable bonds is 3. The molecule has 0 heterocycles. The number of hydrogen-bond acceptors (Lipinski definition) is 1. The van der Waals surface area contributed by atoms with Crippen LogP contribution in [0.15, 0.2) is 54.6 Å². The molecule has 0 fully saturated rings. The first-order valence-electron chi connectivity index (χ1n) is 6.57. The first kappa shape index (κ1) is 15.8.